The Hall–Kier alpha value is -2.43. The summed E-state index contributed by atoms with van der Waals surface area (Å²) in [6.45, 7) is 10.5. The smallest absolute Gasteiger partial charge is 0.374 e. The molecule has 0 saturated heterocycles. The van der Waals surface area contributed by atoms with Crippen LogP contribution in [0.2, 0.25) is 0 Å². The van der Waals surface area contributed by atoms with Crippen molar-refractivity contribution in [2.45, 2.75) is 83.8 Å². The molecule has 1 aromatic rings. The summed E-state index contributed by atoms with van der Waals surface area (Å²) in [7, 11) is 0. The van der Waals surface area contributed by atoms with Crippen LogP contribution < -0.4 is 4.57 Å². The van der Waals surface area contributed by atoms with Gasteiger partial charge >= 0.3 is 11.8 Å². The van der Waals surface area contributed by atoms with E-state index in [9.17, 15) is 10.2 Å². The fraction of sp³-hybridized carbons (Fsp3) is 0.560. The molecule has 0 saturated carbocycles. The molecule has 3 heterocycles. The van der Waals surface area contributed by atoms with Gasteiger partial charge in [-0.3, -0.25) is 9.98 Å². The Kier molecular flexibility index (Phi) is 5.81. The van der Waals surface area contributed by atoms with Crippen LogP contribution in [-0.2, 0) is 6.42 Å². The van der Waals surface area contributed by atoms with Crippen LogP contribution in [0.5, 0.6) is 11.8 Å². The number of aromatic hydroxyl groups is 2. The molecule has 0 radical (unpaired) electrons. The Bertz CT molecular complexity index is 895. The quantitative estimate of drug-likeness (QED) is 0.500. The molecular weight excluding hydrogens is 374 g/mol. The second-order valence-electron chi connectivity index (χ2n) is 9.08. The molecule has 1 aliphatic carbocycles. The van der Waals surface area contributed by atoms with Crippen molar-refractivity contribution in [1.29, 1.82) is 0 Å². The number of hydrogen-bond donors (Lipinski definition) is 2. The van der Waals surface area contributed by atoms with E-state index in [2.05, 4.69) is 26.5 Å². The van der Waals surface area contributed by atoms with Gasteiger partial charge in [0.2, 0.25) is 0 Å². The van der Waals surface area contributed by atoms with E-state index in [0.29, 0.717) is 0 Å². The Labute approximate surface area is 179 Å². The number of nitrogens with zero attached hydrogens (tertiary/aromatic N) is 3. The lowest BCUT2D eigenvalue weighted by atomic mass is 9.88. The largest absolute Gasteiger partial charge is 0.459 e. The Morgan fingerprint density at radius 2 is 1.67 bits per heavy atom. The Morgan fingerprint density at radius 3 is 2.10 bits per heavy atom. The summed E-state index contributed by atoms with van der Waals surface area (Å²) in [6, 6.07) is -0.263. The van der Waals surface area contributed by atoms with E-state index < -0.39 is 0 Å². The Balaban J connectivity index is 1.99. The van der Waals surface area contributed by atoms with Crippen molar-refractivity contribution in [2.75, 3.05) is 0 Å². The molecule has 0 aromatic carbocycles. The number of aromatic nitrogens is 1. The Morgan fingerprint density at radius 1 is 1.10 bits per heavy atom. The number of rotatable bonds is 6. The lowest BCUT2D eigenvalue weighted by Crippen LogP contribution is -2.43. The summed E-state index contributed by atoms with van der Waals surface area (Å²) in [6.07, 6.45) is 12.4. The molecule has 160 valence electrons. The number of aliphatic imine (C=N–C) groups is 2. The van der Waals surface area contributed by atoms with Gasteiger partial charge in [0.15, 0.2) is 6.04 Å². The third-order valence-electron chi connectivity index (χ3n) is 6.80. The topological polar surface area (TPSA) is 69.1 Å². The van der Waals surface area contributed by atoms with Gasteiger partial charge in [-0.1, -0.05) is 31.1 Å². The number of allylic oxidation sites excluding steroid dienone is 3. The summed E-state index contributed by atoms with van der Waals surface area (Å²) < 4.78 is 1.75. The van der Waals surface area contributed by atoms with Gasteiger partial charge in [0.1, 0.15) is 0 Å². The fourth-order valence-electron chi connectivity index (χ4n) is 5.40. The van der Waals surface area contributed by atoms with Crippen LogP contribution in [0, 0.1) is 5.92 Å². The van der Waals surface area contributed by atoms with Crippen LogP contribution in [0.3, 0.4) is 0 Å². The van der Waals surface area contributed by atoms with E-state index in [-0.39, 0.29) is 35.8 Å². The molecule has 2 aliphatic heterocycles. The SMILES string of the molecule is C=C(C)C1CC(C)=CC1[n+]1c(O)c(C2CCC=N2)c(CCC)c(C2CCC=N2)c1O. The van der Waals surface area contributed by atoms with Gasteiger partial charge in [-0.2, -0.15) is 0 Å². The predicted octanol–water partition coefficient (Wildman–Crippen LogP) is 5.23. The minimum atomic E-state index is -0.147. The maximum Gasteiger partial charge on any atom is 0.374 e. The molecule has 0 fully saturated rings. The first-order valence-corrected chi connectivity index (χ1v) is 11.3. The van der Waals surface area contributed by atoms with Crippen molar-refractivity contribution >= 4 is 12.4 Å². The first kappa shape index (κ1) is 20.8. The van der Waals surface area contributed by atoms with E-state index in [4.69, 9.17) is 9.98 Å². The van der Waals surface area contributed by atoms with Gasteiger partial charge < -0.3 is 10.2 Å². The van der Waals surface area contributed by atoms with Crippen LogP contribution in [-0.4, -0.2) is 22.6 Å². The lowest BCUT2D eigenvalue weighted by Gasteiger charge is -2.24. The normalized spacial score (nSPS) is 27.8. The van der Waals surface area contributed by atoms with Gasteiger partial charge in [0, 0.05) is 5.92 Å². The molecule has 30 heavy (non-hydrogen) atoms. The monoisotopic (exact) mass is 408 g/mol. The average Bonchev–Trinajstić information content (AvgIpc) is 3.44. The van der Waals surface area contributed by atoms with Crippen molar-refractivity contribution in [3.05, 3.63) is 40.5 Å². The van der Waals surface area contributed by atoms with Gasteiger partial charge in [-0.15, -0.1) is 4.57 Å². The third kappa shape index (κ3) is 3.48. The summed E-state index contributed by atoms with van der Waals surface area (Å²) >= 11 is 0. The molecule has 0 bridgehead atoms. The molecule has 0 amide bonds. The van der Waals surface area contributed by atoms with E-state index in [1.54, 1.807) is 4.57 Å². The van der Waals surface area contributed by atoms with Crippen molar-refractivity contribution in [3.8, 4) is 11.8 Å². The predicted molar refractivity (Wildman–Crippen MR) is 121 cm³/mol. The molecule has 5 nitrogen and oxygen atoms in total. The fourth-order valence-corrected chi connectivity index (χ4v) is 5.40. The molecule has 4 unspecified atom stereocenters. The minimum Gasteiger partial charge on any atom is -0.459 e. The zero-order valence-electron chi connectivity index (χ0n) is 18.4. The molecule has 4 atom stereocenters. The van der Waals surface area contributed by atoms with Crippen LogP contribution in [0.4, 0.5) is 0 Å². The van der Waals surface area contributed by atoms with Crippen LogP contribution in [0.25, 0.3) is 0 Å². The highest BCUT2D eigenvalue weighted by Crippen LogP contribution is 2.46. The van der Waals surface area contributed by atoms with Crippen molar-refractivity contribution in [2.24, 2.45) is 15.9 Å². The molecule has 4 rings (SSSR count). The van der Waals surface area contributed by atoms with E-state index in [1.807, 2.05) is 19.4 Å². The minimum absolute atomic E-state index is 0.0581. The second-order valence-corrected chi connectivity index (χ2v) is 9.08. The number of pyridine rings is 1. The maximum atomic E-state index is 11.6. The molecule has 1 aromatic heterocycles. The van der Waals surface area contributed by atoms with E-state index in [0.717, 1.165) is 67.2 Å². The maximum absolute atomic E-state index is 11.6. The van der Waals surface area contributed by atoms with E-state index >= 15 is 0 Å². The highest BCUT2D eigenvalue weighted by molar-refractivity contribution is 5.63. The zero-order chi connectivity index (χ0) is 21.4. The van der Waals surface area contributed by atoms with Crippen molar-refractivity contribution in [3.63, 3.8) is 0 Å². The van der Waals surface area contributed by atoms with Crippen LogP contribution >= 0.6 is 0 Å². The molecule has 2 N–H and O–H groups in total. The molecular formula is C25H34N3O2+. The van der Waals surface area contributed by atoms with Crippen molar-refractivity contribution < 1.29 is 14.8 Å². The average molecular weight is 409 g/mol. The highest BCUT2D eigenvalue weighted by atomic mass is 16.3. The molecule has 3 aliphatic rings. The zero-order valence-corrected chi connectivity index (χ0v) is 18.4. The number of hydrogen-bond acceptors (Lipinski definition) is 4. The first-order chi connectivity index (χ1) is 14.4. The second kappa shape index (κ2) is 8.37. The highest BCUT2D eigenvalue weighted by Gasteiger charge is 2.44. The summed E-state index contributed by atoms with van der Waals surface area (Å²) in [4.78, 5) is 9.39. The first-order valence-electron chi connectivity index (χ1n) is 11.3. The van der Waals surface area contributed by atoms with Gasteiger partial charge in [-0.25, -0.2) is 0 Å². The van der Waals surface area contributed by atoms with Crippen LogP contribution in [0.1, 0.15) is 94.1 Å². The van der Waals surface area contributed by atoms with Gasteiger partial charge in [-0.05, 0) is 76.4 Å². The molecule has 5 heteroatoms. The third-order valence-corrected chi connectivity index (χ3v) is 6.80. The summed E-state index contributed by atoms with van der Waals surface area (Å²) in [5, 5.41) is 23.2. The van der Waals surface area contributed by atoms with Gasteiger partial charge in [0.25, 0.3) is 0 Å². The lowest BCUT2D eigenvalue weighted by molar-refractivity contribution is -0.727. The van der Waals surface area contributed by atoms with Crippen molar-refractivity contribution in [1.82, 2.24) is 0 Å². The molecule has 0 spiro atoms. The summed E-state index contributed by atoms with van der Waals surface area (Å²) in [5.74, 6) is 0.476. The standard InChI is InChI=1S/C25H33N3O2/c1-5-8-17-22(19-9-6-11-26-19)24(29)28(21-14-16(4)13-18(21)15(2)3)25(30)23(17)20-10-7-12-27-20/h11-12,14,18-21H,2,5-10,13H2,1,3-4H3,(H,29,30)/p+1. The van der Waals surface area contributed by atoms with E-state index in [1.165, 1.54) is 5.57 Å². The van der Waals surface area contributed by atoms with Crippen LogP contribution in [0.15, 0.2) is 33.8 Å². The summed E-state index contributed by atoms with van der Waals surface area (Å²) in [5.41, 5.74) is 5.15. The van der Waals surface area contributed by atoms with Gasteiger partial charge in [0.05, 0.1) is 23.2 Å².